The Morgan fingerprint density at radius 1 is 1.33 bits per heavy atom. The van der Waals surface area contributed by atoms with Gasteiger partial charge in [0.2, 0.25) is 5.91 Å². The molecule has 0 atom stereocenters. The Morgan fingerprint density at radius 3 is 2.62 bits per heavy atom. The summed E-state index contributed by atoms with van der Waals surface area (Å²) >= 11 is 7.37. The molecular formula is C15H20ClNO3S. The molecule has 1 aliphatic rings. The minimum absolute atomic E-state index is 0.0919. The SMILES string of the molecule is O=C(CCc1cc(Cl)cs1)NCC1(C(=O)O)CCCCC1. The number of amides is 1. The second kappa shape index (κ2) is 7.27. The van der Waals surface area contributed by atoms with Crippen molar-refractivity contribution in [3.63, 3.8) is 0 Å². The molecule has 0 radical (unpaired) electrons. The first-order valence-electron chi connectivity index (χ1n) is 7.25. The molecule has 1 aliphatic carbocycles. The lowest BCUT2D eigenvalue weighted by molar-refractivity contribution is -0.151. The number of thiophene rings is 1. The van der Waals surface area contributed by atoms with Crippen LogP contribution in [0.4, 0.5) is 0 Å². The van der Waals surface area contributed by atoms with Crippen LogP contribution in [-0.4, -0.2) is 23.5 Å². The number of halogens is 1. The first kappa shape index (κ1) is 16.3. The Balaban J connectivity index is 1.80. The molecule has 0 unspecified atom stereocenters. The summed E-state index contributed by atoms with van der Waals surface area (Å²) in [6, 6.07) is 1.86. The summed E-state index contributed by atoms with van der Waals surface area (Å²) in [6.45, 7) is 0.242. The lowest BCUT2D eigenvalue weighted by Gasteiger charge is -2.33. The summed E-state index contributed by atoms with van der Waals surface area (Å²) in [7, 11) is 0. The van der Waals surface area contributed by atoms with Crippen LogP contribution in [0.3, 0.4) is 0 Å². The van der Waals surface area contributed by atoms with Gasteiger partial charge in [0.15, 0.2) is 0 Å². The van der Waals surface area contributed by atoms with Crippen LogP contribution in [-0.2, 0) is 16.0 Å². The Kier molecular flexibility index (Phi) is 5.65. The van der Waals surface area contributed by atoms with Gasteiger partial charge in [0.1, 0.15) is 0 Å². The Labute approximate surface area is 133 Å². The zero-order valence-electron chi connectivity index (χ0n) is 11.9. The molecule has 0 spiro atoms. The lowest BCUT2D eigenvalue weighted by Crippen LogP contribution is -2.44. The number of hydrogen-bond donors (Lipinski definition) is 2. The molecule has 1 amide bonds. The maximum atomic E-state index is 11.9. The summed E-state index contributed by atoms with van der Waals surface area (Å²) in [5, 5.41) is 14.8. The second-order valence-electron chi connectivity index (χ2n) is 5.65. The fourth-order valence-corrected chi connectivity index (χ4v) is 3.85. The largest absolute Gasteiger partial charge is 0.481 e. The van der Waals surface area contributed by atoms with Gasteiger partial charge in [0.25, 0.3) is 0 Å². The van der Waals surface area contributed by atoms with Crippen LogP contribution in [0.1, 0.15) is 43.4 Å². The van der Waals surface area contributed by atoms with Crippen molar-refractivity contribution in [2.24, 2.45) is 5.41 Å². The standard InChI is InChI=1S/C15H20ClNO3S/c16-11-8-12(21-9-11)4-5-13(18)17-10-15(14(19)20)6-2-1-3-7-15/h8-9H,1-7,10H2,(H,17,18)(H,19,20). The molecule has 1 saturated carbocycles. The van der Waals surface area contributed by atoms with E-state index in [2.05, 4.69) is 5.32 Å². The van der Waals surface area contributed by atoms with Crippen LogP contribution in [0, 0.1) is 5.41 Å². The first-order chi connectivity index (χ1) is 10.0. The van der Waals surface area contributed by atoms with Gasteiger partial charge in [-0.1, -0.05) is 30.9 Å². The highest BCUT2D eigenvalue weighted by Gasteiger charge is 2.39. The average molecular weight is 330 g/mol. The van der Waals surface area contributed by atoms with E-state index >= 15 is 0 Å². The molecule has 1 fully saturated rings. The number of carbonyl (C=O) groups excluding carboxylic acids is 1. The van der Waals surface area contributed by atoms with Crippen molar-refractivity contribution in [1.82, 2.24) is 5.32 Å². The topological polar surface area (TPSA) is 66.4 Å². The minimum atomic E-state index is -0.785. The van der Waals surface area contributed by atoms with Crippen molar-refractivity contribution >= 4 is 34.8 Å². The van der Waals surface area contributed by atoms with E-state index in [0.29, 0.717) is 30.7 Å². The van der Waals surface area contributed by atoms with Gasteiger partial charge in [-0.25, -0.2) is 0 Å². The quantitative estimate of drug-likeness (QED) is 0.839. The molecular weight excluding hydrogens is 310 g/mol. The molecule has 21 heavy (non-hydrogen) atoms. The highest BCUT2D eigenvalue weighted by molar-refractivity contribution is 7.10. The van der Waals surface area contributed by atoms with Gasteiger partial charge >= 0.3 is 5.97 Å². The van der Waals surface area contributed by atoms with Gasteiger partial charge < -0.3 is 10.4 Å². The van der Waals surface area contributed by atoms with Crippen LogP contribution >= 0.6 is 22.9 Å². The molecule has 2 rings (SSSR count). The van der Waals surface area contributed by atoms with Gasteiger partial charge in [-0.3, -0.25) is 9.59 Å². The average Bonchev–Trinajstić information content (AvgIpc) is 2.89. The number of nitrogens with one attached hydrogen (secondary N) is 1. The first-order valence-corrected chi connectivity index (χ1v) is 8.51. The molecule has 0 aliphatic heterocycles. The number of aryl methyl sites for hydroxylation is 1. The zero-order valence-corrected chi connectivity index (χ0v) is 13.4. The van der Waals surface area contributed by atoms with E-state index in [-0.39, 0.29) is 12.5 Å². The van der Waals surface area contributed by atoms with Crippen molar-refractivity contribution < 1.29 is 14.7 Å². The summed E-state index contributed by atoms with van der Waals surface area (Å²) in [6.07, 6.45) is 5.26. The number of rotatable bonds is 6. The Hall–Kier alpha value is -1.07. The Bertz CT molecular complexity index is 509. The van der Waals surface area contributed by atoms with Crippen molar-refractivity contribution in [3.8, 4) is 0 Å². The van der Waals surface area contributed by atoms with E-state index in [1.165, 1.54) is 11.3 Å². The van der Waals surface area contributed by atoms with E-state index < -0.39 is 11.4 Å². The number of carboxylic acids is 1. The maximum absolute atomic E-state index is 11.9. The van der Waals surface area contributed by atoms with Crippen molar-refractivity contribution in [2.75, 3.05) is 6.54 Å². The van der Waals surface area contributed by atoms with Crippen molar-refractivity contribution in [2.45, 2.75) is 44.9 Å². The third kappa shape index (κ3) is 4.45. The normalized spacial score (nSPS) is 17.4. The lowest BCUT2D eigenvalue weighted by atomic mass is 9.74. The minimum Gasteiger partial charge on any atom is -0.481 e. The summed E-state index contributed by atoms with van der Waals surface area (Å²) in [5.74, 6) is -0.877. The van der Waals surface area contributed by atoms with E-state index in [1.54, 1.807) is 0 Å². The van der Waals surface area contributed by atoms with E-state index in [4.69, 9.17) is 11.6 Å². The molecule has 0 saturated heterocycles. The monoisotopic (exact) mass is 329 g/mol. The van der Waals surface area contributed by atoms with Crippen LogP contribution < -0.4 is 5.32 Å². The summed E-state index contributed by atoms with van der Waals surface area (Å²) in [5.41, 5.74) is -0.764. The molecule has 0 bridgehead atoms. The zero-order chi connectivity index (χ0) is 15.3. The number of carboxylic acid groups (broad SMARTS) is 1. The van der Waals surface area contributed by atoms with Gasteiger partial charge in [-0.15, -0.1) is 11.3 Å². The molecule has 0 aromatic carbocycles. The predicted octanol–water partition coefficient (Wildman–Crippen LogP) is 3.49. The smallest absolute Gasteiger partial charge is 0.311 e. The van der Waals surface area contributed by atoms with E-state index in [0.717, 1.165) is 24.1 Å². The van der Waals surface area contributed by atoms with Crippen molar-refractivity contribution in [3.05, 3.63) is 21.3 Å². The van der Waals surface area contributed by atoms with Crippen LogP contribution in [0.2, 0.25) is 5.02 Å². The molecule has 1 heterocycles. The molecule has 4 nitrogen and oxygen atoms in total. The molecule has 6 heteroatoms. The third-order valence-corrected chi connectivity index (χ3v) is 5.45. The number of hydrogen-bond acceptors (Lipinski definition) is 3. The van der Waals surface area contributed by atoms with Gasteiger partial charge in [-0.2, -0.15) is 0 Å². The Morgan fingerprint density at radius 2 is 2.05 bits per heavy atom. The highest BCUT2D eigenvalue weighted by atomic mass is 35.5. The van der Waals surface area contributed by atoms with Gasteiger partial charge in [0.05, 0.1) is 10.4 Å². The molecule has 2 N–H and O–H groups in total. The van der Waals surface area contributed by atoms with Gasteiger partial charge in [-0.05, 0) is 25.3 Å². The van der Waals surface area contributed by atoms with Gasteiger partial charge in [0, 0.05) is 23.2 Å². The van der Waals surface area contributed by atoms with Crippen LogP contribution in [0.15, 0.2) is 11.4 Å². The maximum Gasteiger partial charge on any atom is 0.311 e. The highest BCUT2D eigenvalue weighted by Crippen LogP contribution is 2.36. The van der Waals surface area contributed by atoms with E-state index in [1.807, 2.05) is 11.4 Å². The number of aliphatic carboxylic acids is 1. The van der Waals surface area contributed by atoms with E-state index in [9.17, 15) is 14.7 Å². The number of carbonyl (C=O) groups is 2. The fourth-order valence-electron chi connectivity index (χ4n) is 2.77. The van der Waals surface area contributed by atoms with Crippen molar-refractivity contribution in [1.29, 1.82) is 0 Å². The predicted molar refractivity (Wildman–Crippen MR) is 83.8 cm³/mol. The summed E-state index contributed by atoms with van der Waals surface area (Å²) < 4.78 is 0. The second-order valence-corrected chi connectivity index (χ2v) is 7.09. The van der Waals surface area contributed by atoms with Crippen LogP contribution in [0.25, 0.3) is 0 Å². The fraction of sp³-hybridized carbons (Fsp3) is 0.600. The molecule has 116 valence electrons. The third-order valence-electron chi connectivity index (χ3n) is 4.11. The molecule has 1 aromatic rings. The summed E-state index contributed by atoms with van der Waals surface area (Å²) in [4.78, 5) is 24.5. The molecule has 1 aromatic heterocycles. The van der Waals surface area contributed by atoms with Crippen LogP contribution in [0.5, 0.6) is 0 Å².